The fourth-order valence-electron chi connectivity index (χ4n) is 3.62. The molecular weight excluding hydrogens is 342 g/mol. The van der Waals surface area contributed by atoms with E-state index in [2.05, 4.69) is 25.4 Å². The van der Waals surface area contributed by atoms with E-state index < -0.39 is 36.7 Å². The van der Waals surface area contributed by atoms with Gasteiger partial charge in [-0.25, -0.2) is 0 Å². The van der Waals surface area contributed by atoms with E-state index in [1.54, 1.807) is 0 Å². The van der Waals surface area contributed by atoms with Crippen LogP contribution in [0, 0.1) is 5.92 Å². The molecule has 1 heterocycles. The molecule has 2 fully saturated rings. The largest absolute Gasteiger partial charge is 0.390 e. The lowest BCUT2D eigenvalue weighted by atomic mass is 9.80. The smallest absolute Gasteiger partial charge is 0.167 e. The minimum absolute atomic E-state index is 0.0850. The molecule has 11 nitrogen and oxygen atoms in total. The maximum atomic E-state index is 10.4. The fourth-order valence-corrected chi connectivity index (χ4v) is 3.62. The van der Waals surface area contributed by atoms with Gasteiger partial charge in [0, 0.05) is 15.9 Å². The van der Waals surface area contributed by atoms with Crippen molar-refractivity contribution < 1.29 is 19.7 Å². The lowest BCUT2D eigenvalue weighted by molar-refractivity contribution is -0.262. The Bertz CT molecular complexity index is 566. The highest BCUT2D eigenvalue weighted by Gasteiger charge is 2.45. The van der Waals surface area contributed by atoms with Crippen molar-refractivity contribution in [2.45, 2.75) is 81.9 Å². The van der Waals surface area contributed by atoms with Gasteiger partial charge < -0.3 is 25.0 Å². The van der Waals surface area contributed by atoms with Gasteiger partial charge in [-0.1, -0.05) is 17.2 Å². The first-order valence-corrected chi connectivity index (χ1v) is 8.85. The average Bonchev–Trinajstić information content (AvgIpc) is 2.64. The zero-order valence-corrected chi connectivity index (χ0v) is 15.2. The van der Waals surface area contributed by atoms with Crippen molar-refractivity contribution >= 4 is 0 Å². The number of aliphatic hydroxyl groups is 2. The van der Waals surface area contributed by atoms with Gasteiger partial charge >= 0.3 is 0 Å². The number of likely N-dealkylation sites (N-methyl/N-ethyl adjacent to an activating group) is 1. The van der Waals surface area contributed by atoms with E-state index in [9.17, 15) is 10.2 Å². The zero-order chi connectivity index (χ0) is 19.3. The number of aliphatic hydroxyl groups excluding tert-OH is 2. The highest BCUT2D eigenvalue weighted by molar-refractivity contribution is 4.96. The molecule has 3 N–H and O–H groups in total. The predicted octanol–water partition coefficient (Wildman–Crippen LogP) is 1.60. The summed E-state index contributed by atoms with van der Waals surface area (Å²) in [6.45, 7) is 3.83. The van der Waals surface area contributed by atoms with E-state index in [1.807, 2.05) is 20.9 Å². The SMILES string of the molecule is CN[C@H](C)C1CCC(N=[N+]=[N-])[C@@H](OC2[C@@H](C)CC(N=[N+]=[N-])[C@H](O)[C@H]2O)O1. The second kappa shape index (κ2) is 9.38. The monoisotopic (exact) mass is 369 g/mol. The van der Waals surface area contributed by atoms with Crippen LogP contribution in [0.15, 0.2) is 10.2 Å². The Kier molecular flexibility index (Phi) is 7.48. The van der Waals surface area contributed by atoms with Crippen LogP contribution in [0.1, 0.15) is 33.1 Å². The van der Waals surface area contributed by atoms with Crippen LogP contribution in [0.5, 0.6) is 0 Å². The van der Waals surface area contributed by atoms with Crippen LogP contribution < -0.4 is 5.32 Å². The second-order valence-corrected chi connectivity index (χ2v) is 7.04. The van der Waals surface area contributed by atoms with E-state index in [-0.39, 0.29) is 18.1 Å². The van der Waals surface area contributed by atoms with Crippen molar-refractivity contribution in [2.24, 2.45) is 16.1 Å². The molecular formula is C15H27N7O4. The first-order chi connectivity index (χ1) is 12.4. The normalized spacial score (nSPS) is 41.6. The van der Waals surface area contributed by atoms with Crippen molar-refractivity contribution in [1.29, 1.82) is 0 Å². The summed E-state index contributed by atoms with van der Waals surface area (Å²) in [5.74, 6) is -0.179. The fraction of sp³-hybridized carbons (Fsp3) is 1.00. The summed E-state index contributed by atoms with van der Waals surface area (Å²) in [5, 5.41) is 31.1. The Hall–Kier alpha value is -1.58. The van der Waals surface area contributed by atoms with Crippen LogP contribution in [0.3, 0.4) is 0 Å². The Morgan fingerprint density at radius 3 is 2.42 bits per heavy atom. The van der Waals surface area contributed by atoms with Crippen molar-refractivity contribution in [3.8, 4) is 0 Å². The Labute approximate surface area is 151 Å². The van der Waals surface area contributed by atoms with Gasteiger partial charge in [-0.3, -0.25) is 0 Å². The second-order valence-electron chi connectivity index (χ2n) is 7.04. The Morgan fingerprint density at radius 2 is 1.81 bits per heavy atom. The first-order valence-electron chi connectivity index (χ1n) is 8.85. The zero-order valence-electron chi connectivity index (χ0n) is 15.2. The molecule has 0 aromatic rings. The maximum absolute atomic E-state index is 10.4. The lowest BCUT2D eigenvalue weighted by Crippen LogP contribution is -2.56. The van der Waals surface area contributed by atoms with Crippen LogP contribution in [0.25, 0.3) is 20.9 Å². The van der Waals surface area contributed by atoms with Gasteiger partial charge in [0.15, 0.2) is 6.29 Å². The summed E-state index contributed by atoms with van der Waals surface area (Å²) in [7, 11) is 1.84. The molecule has 0 aromatic carbocycles. The quantitative estimate of drug-likeness (QED) is 0.366. The summed E-state index contributed by atoms with van der Waals surface area (Å²) in [5.41, 5.74) is 17.4. The van der Waals surface area contributed by atoms with E-state index in [1.165, 1.54) is 0 Å². The summed E-state index contributed by atoms with van der Waals surface area (Å²) < 4.78 is 12.0. The van der Waals surface area contributed by atoms with Gasteiger partial charge in [0.2, 0.25) is 0 Å². The number of hydrogen-bond donors (Lipinski definition) is 3. The predicted molar refractivity (Wildman–Crippen MR) is 93.0 cm³/mol. The summed E-state index contributed by atoms with van der Waals surface area (Å²) in [4.78, 5) is 5.59. The summed E-state index contributed by atoms with van der Waals surface area (Å²) >= 11 is 0. The number of nitrogens with zero attached hydrogens (tertiary/aromatic N) is 6. The number of rotatable bonds is 6. The molecule has 11 heteroatoms. The molecule has 0 bridgehead atoms. The van der Waals surface area contributed by atoms with Gasteiger partial charge in [0.1, 0.15) is 6.10 Å². The van der Waals surface area contributed by atoms with Crippen LogP contribution in [0.4, 0.5) is 0 Å². The first kappa shape index (κ1) is 20.7. The molecule has 1 saturated carbocycles. The van der Waals surface area contributed by atoms with Gasteiger partial charge in [-0.2, -0.15) is 0 Å². The minimum Gasteiger partial charge on any atom is -0.390 e. The van der Waals surface area contributed by atoms with Crippen molar-refractivity contribution in [1.82, 2.24) is 5.32 Å². The summed E-state index contributed by atoms with van der Waals surface area (Å²) in [6.07, 6.45) is -2.41. The van der Waals surface area contributed by atoms with Crippen LogP contribution in [0.2, 0.25) is 0 Å². The van der Waals surface area contributed by atoms with Gasteiger partial charge in [-0.15, -0.1) is 0 Å². The minimum atomic E-state index is -1.23. The topological polar surface area (TPSA) is 168 Å². The van der Waals surface area contributed by atoms with Crippen molar-refractivity contribution in [3.63, 3.8) is 0 Å². The van der Waals surface area contributed by atoms with Crippen molar-refractivity contribution in [2.75, 3.05) is 7.05 Å². The van der Waals surface area contributed by atoms with Crippen LogP contribution in [-0.2, 0) is 9.47 Å². The third kappa shape index (κ3) is 4.57. The van der Waals surface area contributed by atoms with E-state index in [4.69, 9.17) is 20.5 Å². The van der Waals surface area contributed by atoms with Gasteiger partial charge in [0.05, 0.1) is 30.4 Å². The van der Waals surface area contributed by atoms with Gasteiger partial charge in [0.25, 0.3) is 0 Å². The Balaban J connectivity index is 2.13. The van der Waals surface area contributed by atoms with E-state index >= 15 is 0 Å². The molecule has 2 rings (SSSR count). The van der Waals surface area contributed by atoms with E-state index in [0.29, 0.717) is 12.8 Å². The van der Waals surface area contributed by atoms with E-state index in [0.717, 1.165) is 6.42 Å². The Morgan fingerprint density at radius 1 is 1.15 bits per heavy atom. The molecule has 4 unspecified atom stereocenters. The molecule has 0 aromatic heterocycles. The van der Waals surface area contributed by atoms with Gasteiger partial charge in [-0.05, 0) is 50.2 Å². The number of ether oxygens (including phenoxy) is 2. The standard InChI is InChI=1S/C15H27N7O4/c1-7-6-10(20-22-17)12(23)13(24)14(7)26-15-9(19-21-16)4-5-11(25-15)8(2)18-3/h7-15,18,23-24H,4-6H2,1-3H3/t7-,8+,9?,10?,11?,12-,13+,14?,15+/m0/s1. The molecule has 2 aliphatic rings. The number of hydrogen-bond acceptors (Lipinski definition) is 7. The van der Waals surface area contributed by atoms with Crippen LogP contribution >= 0.6 is 0 Å². The summed E-state index contributed by atoms with van der Waals surface area (Å²) in [6, 6.07) is -1.13. The van der Waals surface area contributed by atoms with Crippen LogP contribution in [-0.4, -0.2) is 66.1 Å². The molecule has 0 radical (unpaired) electrons. The lowest BCUT2D eigenvalue weighted by Gasteiger charge is -2.44. The van der Waals surface area contributed by atoms with Crippen molar-refractivity contribution in [3.05, 3.63) is 20.9 Å². The molecule has 146 valence electrons. The molecule has 0 spiro atoms. The maximum Gasteiger partial charge on any atom is 0.167 e. The molecule has 1 aliphatic heterocycles. The highest BCUT2D eigenvalue weighted by atomic mass is 16.7. The molecule has 26 heavy (non-hydrogen) atoms. The highest BCUT2D eigenvalue weighted by Crippen LogP contribution is 2.33. The third-order valence-corrected chi connectivity index (χ3v) is 5.33. The third-order valence-electron chi connectivity index (χ3n) is 5.33. The average molecular weight is 369 g/mol. The number of azide groups is 2. The number of nitrogens with one attached hydrogen (secondary N) is 1. The molecule has 1 aliphatic carbocycles. The molecule has 0 amide bonds. The molecule has 1 saturated heterocycles. The molecule has 9 atom stereocenters.